The molecule has 4 heterocycles. The lowest BCUT2D eigenvalue weighted by Gasteiger charge is -2.52. The molecule has 2 bridgehead atoms. The summed E-state index contributed by atoms with van der Waals surface area (Å²) in [6.07, 6.45) is 18.8. The SMILES string of the molecule is Cc1cnc(NC(=O)C[N+]23CCC(CC2)[C@@H](OC(=O)C2(C4=CC=CC4)CCCCCC2)C3)cn1. The van der Waals surface area contributed by atoms with Gasteiger partial charge in [-0.1, -0.05) is 43.9 Å². The van der Waals surface area contributed by atoms with E-state index in [1.54, 1.807) is 12.4 Å². The molecule has 3 aliphatic heterocycles. The number of hydrogen-bond acceptors (Lipinski definition) is 5. The largest absolute Gasteiger partial charge is 0.455 e. The van der Waals surface area contributed by atoms with Gasteiger partial charge in [0.25, 0.3) is 5.91 Å². The summed E-state index contributed by atoms with van der Waals surface area (Å²) in [5, 5.41) is 2.90. The predicted octanol–water partition coefficient (Wildman–Crippen LogP) is 4.10. The number of amides is 1. The molecule has 7 heteroatoms. The normalized spacial score (nSPS) is 29.9. The third kappa shape index (κ3) is 4.67. The maximum absolute atomic E-state index is 13.8. The number of anilines is 1. The maximum Gasteiger partial charge on any atom is 0.316 e. The van der Waals surface area contributed by atoms with Crippen LogP contribution >= 0.6 is 0 Å². The molecule has 7 nitrogen and oxygen atoms in total. The van der Waals surface area contributed by atoms with Crippen LogP contribution in [0.25, 0.3) is 0 Å². The molecule has 0 aromatic carbocycles. The Morgan fingerprint density at radius 1 is 1.12 bits per heavy atom. The quantitative estimate of drug-likeness (QED) is 0.389. The molecule has 182 valence electrons. The van der Waals surface area contributed by atoms with Gasteiger partial charge < -0.3 is 14.5 Å². The first kappa shape index (κ1) is 23.2. The van der Waals surface area contributed by atoms with E-state index >= 15 is 0 Å². The van der Waals surface area contributed by atoms with Crippen LogP contribution in [-0.2, 0) is 14.3 Å². The van der Waals surface area contributed by atoms with E-state index in [0.29, 0.717) is 22.8 Å². The first-order valence-electron chi connectivity index (χ1n) is 13.0. The van der Waals surface area contributed by atoms with Gasteiger partial charge in [0.2, 0.25) is 0 Å². The Labute approximate surface area is 202 Å². The van der Waals surface area contributed by atoms with Gasteiger partial charge in [0.1, 0.15) is 6.54 Å². The van der Waals surface area contributed by atoms with Crippen molar-refractivity contribution in [2.75, 3.05) is 31.5 Å². The average molecular weight is 466 g/mol. The minimum atomic E-state index is -0.460. The Kier molecular flexibility index (Phi) is 6.56. The minimum absolute atomic E-state index is 0.0133. The van der Waals surface area contributed by atoms with Crippen molar-refractivity contribution in [1.82, 2.24) is 9.97 Å². The molecule has 1 atom stereocenters. The summed E-state index contributed by atoms with van der Waals surface area (Å²) in [6.45, 7) is 4.92. The van der Waals surface area contributed by atoms with Crippen molar-refractivity contribution in [1.29, 1.82) is 0 Å². The van der Waals surface area contributed by atoms with Crippen LogP contribution in [0.5, 0.6) is 0 Å². The smallest absolute Gasteiger partial charge is 0.316 e. The number of quaternary nitrogens is 1. The van der Waals surface area contributed by atoms with Gasteiger partial charge in [0.15, 0.2) is 18.5 Å². The lowest BCUT2D eigenvalue weighted by Crippen LogP contribution is -2.66. The molecule has 2 aliphatic carbocycles. The number of nitrogens with zero attached hydrogens (tertiary/aromatic N) is 3. The summed E-state index contributed by atoms with van der Waals surface area (Å²) in [5.41, 5.74) is 1.60. The number of piperidine rings is 3. The number of nitrogens with one attached hydrogen (secondary N) is 1. The molecule has 1 aromatic rings. The van der Waals surface area contributed by atoms with Crippen molar-refractivity contribution in [3.63, 3.8) is 0 Å². The number of aryl methyl sites for hydroxylation is 1. The summed E-state index contributed by atoms with van der Waals surface area (Å²) < 4.78 is 7.09. The summed E-state index contributed by atoms with van der Waals surface area (Å²) >= 11 is 0. The maximum atomic E-state index is 13.8. The number of carbonyl (C=O) groups excluding carboxylic acids is 2. The lowest BCUT2D eigenvalue weighted by molar-refractivity contribution is -0.939. The highest BCUT2D eigenvalue weighted by Crippen LogP contribution is 2.46. The Bertz CT molecular complexity index is 968. The van der Waals surface area contributed by atoms with Gasteiger partial charge in [0.05, 0.1) is 36.6 Å². The third-order valence-electron chi connectivity index (χ3n) is 8.56. The topological polar surface area (TPSA) is 81.2 Å². The number of esters is 1. The highest BCUT2D eigenvalue weighted by molar-refractivity contribution is 5.90. The number of hydrogen-bond donors (Lipinski definition) is 1. The predicted molar refractivity (Wildman–Crippen MR) is 130 cm³/mol. The van der Waals surface area contributed by atoms with Crippen molar-refractivity contribution < 1.29 is 18.8 Å². The van der Waals surface area contributed by atoms with Gasteiger partial charge in [-0.15, -0.1) is 0 Å². The van der Waals surface area contributed by atoms with E-state index in [4.69, 9.17) is 4.74 Å². The van der Waals surface area contributed by atoms with Crippen LogP contribution in [0.2, 0.25) is 0 Å². The molecular weight excluding hydrogens is 428 g/mol. The summed E-state index contributed by atoms with van der Waals surface area (Å²) in [5.74, 6) is 0.831. The standard InChI is InChI=1S/C27H36N4O3/c1-20-16-29-24(17-28-20)30-25(32)19-31-14-10-21(11-15-31)23(18-31)34-26(33)27(22-8-4-5-9-22)12-6-2-3-7-13-27/h4-5,8,16-17,21,23H,2-3,6-7,9-15,18-19H2,1H3/p+1/t21?,23-,31?/m0/s1. The third-order valence-corrected chi connectivity index (χ3v) is 8.56. The van der Waals surface area contributed by atoms with E-state index in [9.17, 15) is 9.59 Å². The van der Waals surface area contributed by atoms with E-state index in [1.807, 2.05) is 6.92 Å². The first-order valence-corrected chi connectivity index (χ1v) is 13.0. The highest BCUT2D eigenvalue weighted by atomic mass is 16.5. The van der Waals surface area contributed by atoms with Crippen LogP contribution in [-0.4, -0.2) is 58.6 Å². The second-order valence-electron chi connectivity index (χ2n) is 10.8. The molecule has 1 N–H and O–H groups in total. The van der Waals surface area contributed by atoms with Gasteiger partial charge in [0, 0.05) is 18.8 Å². The Morgan fingerprint density at radius 3 is 2.53 bits per heavy atom. The fourth-order valence-corrected chi connectivity index (χ4v) is 6.56. The molecule has 34 heavy (non-hydrogen) atoms. The van der Waals surface area contributed by atoms with Gasteiger partial charge in [-0.25, -0.2) is 4.98 Å². The van der Waals surface area contributed by atoms with Crippen molar-refractivity contribution in [3.05, 3.63) is 41.9 Å². The monoisotopic (exact) mass is 465 g/mol. The molecule has 1 amide bonds. The van der Waals surface area contributed by atoms with Crippen LogP contribution in [0.4, 0.5) is 5.82 Å². The van der Waals surface area contributed by atoms with Gasteiger partial charge in [-0.2, -0.15) is 0 Å². The first-order chi connectivity index (χ1) is 16.5. The molecule has 0 radical (unpaired) electrons. The molecule has 0 unspecified atom stereocenters. The van der Waals surface area contributed by atoms with E-state index < -0.39 is 5.41 Å². The zero-order valence-corrected chi connectivity index (χ0v) is 20.3. The Morgan fingerprint density at radius 2 is 1.88 bits per heavy atom. The van der Waals surface area contributed by atoms with Crippen LogP contribution in [0.15, 0.2) is 36.2 Å². The van der Waals surface area contributed by atoms with E-state index in [2.05, 4.69) is 33.5 Å². The van der Waals surface area contributed by atoms with Crippen LogP contribution < -0.4 is 5.32 Å². The average Bonchev–Trinajstić information content (AvgIpc) is 3.26. The minimum Gasteiger partial charge on any atom is -0.455 e. The molecule has 1 aromatic heterocycles. The van der Waals surface area contributed by atoms with Crippen molar-refractivity contribution in [3.8, 4) is 0 Å². The fraction of sp³-hybridized carbons (Fsp3) is 0.630. The Balaban J connectivity index is 1.26. The summed E-state index contributed by atoms with van der Waals surface area (Å²) in [6, 6.07) is 0. The second-order valence-corrected chi connectivity index (χ2v) is 10.8. The number of carbonyl (C=O) groups is 2. The Hall–Kier alpha value is -2.54. The van der Waals surface area contributed by atoms with Crippen molar-refractivity contribution in [2.24, 2.45) is 11.3 Å². The van der Waals surface area contributed by atoms with E-state index in [-0.39, 0.29) is 18.0 Å². The molecule has 1 saturated carbocycles. The van der Waals surface area contributed by atoms with Crippen LogP contribution in [0, 0.1) is 18.3 Å². The van der Waals surface area contributed by atoms with Crippen LogP contribution in [0.1, 0.15) is 63.5 Å². The molecule has 3 saturated heterocycles. The molecular formula is C27H37N4O3+. The summed E-state index contributed by atoms with van der Waals surface area (Å²) in [4.78, 5) is 35.1. The van der Waals surface area contributed by atoms with Crippen molar-refractivity contribution in [2.45, 2.75) is 70.8 Å². The number of allylic oxidation sites excluding steroid dienone is 3. The van der Waals surface area contributed by atoms with Crippen molar-refractivity contribution >= 4 is 17.7 Å². The highest BCUT2D eigenvalue weighted by Gasteiger charge is 2.51. The lowest BCUT2D eigenvalue weighted by atomic mass is 9.73. The number of ether oxygens (including phenoxy) is 1. The molecule has 0 spiro atoms. The van der Waals surface area contributed by atoms with Gasteiger partial charge in [-0.3, -0.25) is 14.6 Å². The summed E-state index contributed by atoms with van der Waals surface area (Å²) in [7, 11) is 0. The molecule has 5 aliphatic rings. The fourth-order valence-electron chi connectivity index (χ4n) is 6.56. The zero-order chi connectivity index (χ0) is 23.6. The van der Waals surface area contributed by atoms with Gasteiger partial charge >= 0.3 is 5.97 Å². The number of rotatable bonds is 6. The second kappa shape index (κ2) is 9.61. The van der Waals surface area contributed by atoms with Gasteiger partial charge in [-0.05, 0) is 31.8 Å². The number of aromatic nitrogens is 2. The zero-order valence-electron chi connectivity index (χ0n) is 20.3. The van der Waals surface area contributed by atoms with Crippen LogP contribution in [0.3, 0.4) is 0 Å². The van der Waals surface area contributed by atoms with E-state index in [0.717, 1.165) is 70.3 Å². The molecule has 6 rings (SSSR count). The van der Waals surface area contributed by atoms with E-state index in [1.165, 1.54) is 18.4 Å². The number of fused-ring (bicyclic) bond motifs is 3. The molecule has 4 fully saturated rings.